The third-order valence-corrected chi connectivity index (χ3v) is 11.5. The summed E-state index contributed by atoms with van der Waals surface area (Å²) >= 11 is 0. The molecule has 6 N–H and O–H groups in total. The Morgan fingerprint density at radius 3 is 1.55 bits per heavy atom. The molecule has 0 aliphatic heterocycles. The fourth-order valence-corrected chi connectivity index (χ4v) is 7.58. The maximum Gasteiger partial charge on any atom is 0.472 e. The molecule has 0 spiro atoms. The number of phosphoric acid groups is 1. The number of carbonyl (C=O) groups is 3. The van der Waals surface area contributed by atoms with Crippen LogP contribution in [0.25, 0.3) is 0 Å². The molecule has 366 valence electrons. The summed E-state index contributed by atoms with van der Waals surface area (Å²) in [6.45, 7) is 3.08. The minimum Gasteiger partial charge on any atom is -0.462 e. The fraction of sp³-hybridized carbons (Fsp3) is 0.694. The Morgan fingerprint density at radius 1 is 0.531 bits per heavy atom. The van der Waals surface area contributed by atoms with Crippen LogP contribution in [0.2, 0.25) is 0 Å². The lowest BCUT2D eigenvalue weighted by atomic mass is 9.85. The Bertz CT molecular complexity index is 1460. The molecule has 0 aromatic rings. The first-order valence-electron chi connectivity index (χ1n) is 23.7. The summed E-state index contributed by atoms with van der Waals surface area (Å²) in [4.78, 5) is 47.8. The van der Waals surface area contributed by atoms with Crippen LogP contribution >= 0.6 is 7.82 Å². The van der Waals surface area contributed by atoms with E-state index in [9.17, 15) is 49.4 Å². The van der Waals surface area contributed by atoms with Gasteiger partial charge in [0, 0.05) is 19.3 Å². The molecule has 0 saturated heterocycles. The van der Waals surface area contributed by atoms with Crippen molar-refractivity contribution in [2.24, 2.45) is 0 Å². The maximum atomic E-state index is 12.8. The van der Waals surface area contributed by atoms with Gasteiger partial charge in [0.1, 0.15) is 43.2 Å². The van der Waals surface area contributed by atoms with E-state index in [-0.39, 0.29) is 18.6 Å². The van der Waals surface area contributed by atoms with Crippen molar-refractivity contribution in [2.45, 2.75) is 204 Å². The maximum absolute atomic E-state index is 12.8. The Hall–Kier alpha value is -3.04. The summed E-state index contributed by atoms with van der Waals surface area (Å²) in [6, 6.07) is 0. The van der Waals surface area contributed by atoms with Gasteiger partial charge in [0.15, 0.2) is 11.9 Å². The van der Waals surface area contributed by atoms with Crippen molar-refractivity contribution in [3.05, 3.63) is 72.9 Å². The molecule has 15 heteroatoms. The summed E-state index contributed by atoms with van der Waals surface area (Å²) in [5, 5.41) is 50.2. The van der Waals surface area contributed by atoms with Crippen molar-refractivity contribution in [3.63, 3.8) is 0 Å². The Labute approximate surface area is 382 Å². The molecule has 0 aromatic heterocycles. The van der Waals surface area contributed by atoms with Gasteiger partial charge in [-0.3, -0.25) is 23.4 Å². The zero-order valence-electron chi connectivity index (χ0n) is 38.5. The third-order valence-electron chi connectivity index (χ3n) is 10.5. The van der Waals surface area contributed by atoms with Gasteiger partial charge in [0.25, 0.3) is 0 Å². The molecule has 3 unspecified atom stereocenters. The van der Waals surface area contributed by atoms with Crippen LogP contribution in [0.3, 0.4) is 0 Å². The average Bonchev–Trinajstić information content (AvgIpc) is 3.27. The van der Waals surface area contributed by atoms with Crippen LogP contribution in [0.15, 0.2) is 72.9 Å². The lowest BCUT2D eigenvalue weighted by Gasteiger charge is -2.41. The summed E-state index contributed by atoms with van der Waals surface area (Å²) in [6.07, 6.45) is 30.5. The van der Waals surface area contributed by atoms with E-state index < -0.39 is 75.7 Å². The summed E-state index contributed by atoms with van der Waals surface area (Å²) < 4.78 is 33.4. The SMILES string of the molecule is CCCCC/C=C\C=C\C(=O)CCCCCCCC(=O)O[C@H](COC(=O)CCCCC/C=C\C/C=C\C/C=C\C/C=C\CCCCC)COP(=O)(O)OC1[C@H](O)[C@H](O)C(O)[C@H](O)[C@H]1O. The predicted molar refractivity (Wildman–Crippen MR) is 249 cm³/mol. The highest BCUT2D eigenvalue weighted by molar-refractivity contribution is 7.47. The number of rotatable bonds is 38. The number of ether oxygens (including phenoxy) is 2. The number of phosphoric ester groups is 1. The number of aliphatic hydroxyl groups excluding tert-OH is 5. The number of allylic oxidation sites excluding steroid dienone is 12. The Morgan fingerprint density at radius 2 is 0.984 bits per heavy atom. The van der Waals surface area contributed by atoms with E-state index in [0.29, 0.717) is 25.7 Å². The first kappa shape index (κ1) is 59.0. The van der Waals surface area contributed by atoms with E-state index >= 15 is 0 Å². The molecule has 0 amide bonds. The molecule has 1 rings (SSSR count). The van der Waals surface area contributed by atoms with E-state index in [1.54, 1.807) is 12.2 Å². The molecule has 1 saturated carbocycles. The summed E-state index contributed by atoms with van der Waals surface area (Å²) in [5.74, 6) is -1.17. The minimum atomic E-state index is -5.16. The average molecular weight is 925 g/mol. The van der Waals surface area contributed by atoms with Crippen molar-refractivity contribution in [2.75, 3.05) is 13.2 Å². The third kappa shape index (κ3) is 30.2. The van der Waals surface area contributed by atoms with E-state index in [2.05, 4.69) is 68.5 Å². The van der Waals surface area contributed by atoms with Gasteiger partial charge >= 0.3 is 19.8 Å². The second-order valence-corrected chi connectivity index (χ2v) is 17.7. The van der Waals surface area contributed by atoms with E-state index in [0.717, 1.165) is 77.0 Å². The number of ketones is 1. The monoisotopic (exact) mass is 925 g/mol. The lowest BCUT2D eigenvalue weighted by Crippen LogP contribution is -2.64. The molecule has 0 aromatic carbocycles. The minimum absolute atomic E-state index is 0.00198. The molecule has 0 radical (unpaired) electrons. The molecule has 1 fully saturated rings. The largest absolute Gasteiger partial charge is 0.472 e. The summed E-state index contributed by atoms with van der Waals surface area (Å²) in [5.41, 5.74) is 0. The zero-order chi connectivity index (χ0) is 47.3. The number of unbranched alkanes of at least 4 members (excludes halogenated alkanes) is 13. The van der Waals surface area contributed by atoms with Gasteiger partial charge in [-0.15, -0.1) is 0 Å². The number of esters is 2. The first-order chi connectivity index (χ1) is 30.8. The van der Waals surface area contributed by atoms with Crippen molar-refractivity contribution >= 4 is 25.5 Å². The topological polar surface area (TPSA) is 227 Å². The van der Waals surface area contributed by atoms with Gasteiger partial charge in [-0.2, -0.15) is 0 Å². The molecule has 1 aliphatic carbocycles. The normalized spacial score (nSPS) is 22.1. The highest BCUT2D eigenvalue weighted by atomic mass is 31.2. The van der Waals surface area contributed by atoms with Gasteiger partial charge in [-0.1, -0.05) is 132 Å². The van der Waals surface area contributed by atoms with Crippen LogP contribution in [0.1, 0.15) is 162 Å². The van der Waals surface area contributed by atoms with Gasteiger partial charge in [-0.05, 0) is 83.1 Å². The summed E-state index contributed by atoms with van der Waals surface area (Å²) in [7, 11) is -5.16. The zero-order valence-corrected chi connectivity index (χ0v) is 39.4. The number of aliphatic hydroxyl groups is 5. The number of carbonyl (C=O) groups excluding carboxylic acids is 3. The molecule has 0 bridgehead atoms. The smallest absolute Gasteiger partial charge is 0.462 e. The number of hydrogen-bond acceptors (Lipinski definition) is 13. The standard InChI is InChI=1S/C49H81O14P/c1-3-5-7-9-11-12-13-14-15-16-17-18-19-20-21-22-24-28-32-36-42(51)60-38-41(39-61-64(58,59)63-49-47(56)45(54)44(53)46(55)48(49)57)62-43(52)37-33-29-25-27-31-35-40(50)34-30-26-23-10-8-6-4-2/h11-12,14-15,17-18,20-21,23,26,30,34,41,44-49,53-57H,3-10,13,16,19,22,24-25,27-29,31-33,35-39H2,1-2H3,(H,58,59)/b12-11-,15-14-,18-17-,21-20-,26-23-,34-30+/t41-,44?,45-,46+,47-,48-,49?/m1/s1. The van der Waals surface area contributed by atoms with E-state index in [4.69, 9.17) is 18.5 Å². The second kappa shape index (κ2) is 38.1. The molecular weight excluding hydrogens is 843 g/mol. The molecule has 14 nitrogen and oxygen atoms in total. The fourth-order valence-electron chi connectivity index (χ4n) is 6.60. The van der Waals surface area contributed by atoms with Crippen LogP contribution in [-0.4, -0.2) is 104 Å². The predicted octanol–water partition coefficient (Wildman–Crippen LogP) is 8.68. The van der Waals surface area contributed by atoms with Crippen molar-refractivity contribution < 1.29 is 67.9 Å². The van der Waals surface area contributed by atoms with E-state index in [1.165, 1.54) is 32.1 Å². The molecule has 8 atom stereocenters. The first-order valence-corrected chi connectivity index (χ1v) is 25.2. The van der Waals surface area contributed by atoms with Gasteiger partial charge in [-0.25, -0.2) is 4.57 Å². The second-order valence-electron chi connectivity index (χ2n) is 16.3. The van der Waals surface area contributed by atoms with Crippen molar-refractivity contribution in [3.8, 4) is 0 Å². The Kier molecular flexibility index (Phi) is 35.1. The van der Waals surface area contributed by atoms with Gasteiger partial charge < -0.3 is 39.9 Å². The quantitative estimate of drug-likeness (QED) is 0.00851. The molecule has 0 heterocycles. The van der Waals surface area contributed by atoms with Crippen LogP contribution in [0, 0.1) is 0 Å². The van der Waals surface area contributed by atoms with Crippen LogP contribution in [-0.2, 0) is 37.5 Å². The van der Waals surface area contributed by atoms with E-state index in [1.807, 2.05) is 6.08 Å². The van der Waals surface area contributed by atoms with Gasteiger partial charge in [0.05, 0.1) is 6.61 Å². The lowest BCUT2D eigenvalue weighted by molar-refractivity contribution is -0.220. The van der Waals surface area contributed by atoms with Crippen molar-refractivity contribution in [1.29, 1.82) is 0 Å². The number of hydrogen-bond donors (Lipinski definition) is 6. The van der Waals surface area contributed by atoms with Crippen molar-refractivity contribution in [1.82, 2.24) is 0 Å². The Balaban J connectivity index is 2.52. The van der Waals surface area contributed by atoms with Gasteiger partial charge in [0.2, 0.25) is 0 Å². The highest BCUT2D eigenvalue weighted by Crippen LogP contribution is 2.47. The van der Waals surface area contributed by atoms with Crippen LogP contribution < -0.4 is 0 Å². The molecule has 64 heavy (non-hydrogen) atoms. The van der Waals surface area contributed by atoms with Crippen LogP contribution in [0.5, 0.6) is 0 Å². The molecule has 1 aliphatic rings. The van der Waals surface area contributed by atoms with Crippen LogP contribution in [0.4, 0.5) is 0 Å². The highest BCUT2D eigenvalue weighted by Gasteiger charge is 2.51. The molecular formula is C49H81O14P.